The molecule has 33 heavy (non-hydrogen) atoms. The average molecular weight is 441 g/mol. The summed E-state index contributed by atoms with van der Waals surface area (Å²) in [5.41, 5.74) is 4.17. The topological polar surface area (TPSA) is 75.4 Å². The predicted octanol–water partition coefficient (Wildman–Crippen LogP) is 5.36. The molecule has 0 amide bonds. The van der Waals surface area contributed by atoms with Gasteiger partial charge in [-0.15, -0.1) is 0 Å². The molecule has 3 aromatic heterocycles. The van der Waals surface area contributed by atoms with Crippen LogP contribution in [0.25, 0.3) is 16.9 Å². The Balaban J connectivity index is 1.49. The highest BCUT2D eigenvalue weighted by atomic mass is 16.1. The van der Waals surface area contributed by atoms with Crippen molar-refractivity contribution in [2.75, 3.05) is 23.3 Å². The number of nitrogens with one attached hydrogen (secondary N) is 1. The van der Waals surface area contributed by atoms with E-state index in [-0.39, 0.29) is 5.78 Å². The number of imidazole rings is 1. The number of pyridine rings is 1. The maximum absolute atomic E-state index is 12.2. The zero-order valence-electron chi connectivity index (χ0n) is 19.2. The molecule has 1 N–H and O–H groups in total. The lowest BCUT2D eigenvalue weighted by Crippen LogP contribution is -2.23. The fraction of sp³-hybridized carbons (Fsp3) is 0.308. The van der Waals surface area contributed by atoms with E-state index in [0.717, 1.165) is 48.1 Å². The summed E-state index contributed by atoms with van der Waals surface area (Å²) >= 11 is 0. The third-order valence-electron chi connectivity index (χ3n) is 6.16. The minimum atomic E-state index is 0.116. The molecule has 0 saturated carbocycles. The first kappa shape index (κ1) is 21.1. The maximum atomic E-state index is 12.2. The van der Waals surface area contributed by atoms with Crippen molar-refractivity contribution in [3.05, 3.63) is 66.5 Å². The van der Waals surface area contributed by atoms with Gasteiger partial charge in [0, 0.05) is 43.0 Å². The summed E-state index contributed by atoms with van der Waals surface area (Å²) in [5, 5.41) is 8.15. The first-order valence-corrected chi connectivity index (χ1v) is 11.4. The number of hydrogen-bond acceptors (Lipinski definition) is 6. The highest BCUT2D eigenvalue weighted by Gasteiger charge is 2.29. The second kappa shape index (κ2) is 8.31. The van der Waals surface area contributed by atoms with E-state index in [1.165, 1.54) is 0 Å². The van der Waals surface area contributed by atoms with Crippen molar-refractivity contribution in [3.63, 3.8) is 0 Å². The molecule has 0 aliphatic carbocycles. The van der Waals surface area contributed by atoms with Gasteiger partial charge in [-0.3, -0.25) is 4.79 Å². The molecular weight excluding hydrogens is 412 g/mol. The van der Waals surface area contributed by atoms with Crippen molar-refractivity contribution in [3.8, 4) is 11.3 Å². The van der Waals surface area contributed by atoms with Crippen molar-refractivity contribution in [2.24, 2.45) is 5.41 Å². The lowest BCUT2D eigenvalue weighted by Gasteiger charge is -2.21. The molecule has 1 aromatic carbocycles. The predicted molar refractivity (Wildman–Crippen MR) is 131 cm³/mol. The second-order valence-electron chi connectivity index (χ2n) is 9.34. The van der Waals surface area contributed by atoms with Gasteiger partial charge >= 0.3 is 0 Å². The minimum absolute atomic E-state index is 0.116. The van der Waals surface area contributed by atoms with Crippen LogP contribution in [0.4, 0.5) is 17.3 Å². The van der Waals surface area contributed by atoms with Gasteiger partial charge in [-0.2, -0.15) is 5.10 Å². The second-order valence-corrected chi connectivity index (χ2v) is 9.34. The van der Waals surface area contributed by atoms with Crippen LogP contribution in [0.15, 0.2) is 60.9 Å². The number of carbonyl (C=O) groups is 1. The molecular formula is C26H28N6O. The third kappa shape index (κ3) is 4.31. The molecule has 0 radical (unpaired) electrons. The van der Waals surface area contributed by atoms with E-state index in [9.17, 15) is 4.79 Å². The van der Waals surface area contributed by atoms with Gasteiger partial charge in [-0.1, -0.05) is 45.0 Å². The van der Waals surface area contributed by atoms with Crippen molar-refractivity contribution >= 4 is 28.8 Å². The van der Waals surface area contributed by atoms with Crippen LogP contribution >= 0.6 is 0 Å². The van der Waals surface area contributed by atoms with Crippen molar-refractivity contribution in [1.29, 1.82) is 0 Å². The molecule has 0 spiro atoms. The molecule has 1 aliphatic rings. The highest BCUT2D eigenvalue weighted by Crippen LogP contribution is 2.32. The first-order valence-electron chi connectivity index (χ1n) is 11.4. The van der Waals surface area contributed by atoms with Gasteiger partial charge in [0.25, 0.3) is 0 Å². The fourth-order valence-electron chi connectivity index (χ4n) is 4.32. The number of carbonyl (C=O) groups excluding carboxylic acids is 1. The Labute approximate surface area is 193 Å². The van der Waals surface area contributed by atoms with Gasteiger partial charge in [0.1, 0.15) is 11.6 Å². The van der Waals surface area contributed by atoms with Crippen LogP contribution in [0.2, 0.25) is 0 Å². The Morgan fingerprint density at radius 2 is 2.00 bits per heavy atom. The Morgan fingerprint density at radius 3 is 2.79 bits per heavy atom. The van der Waals surface area contributed by atoms with Crippen LogP contribution in [0.3, 0.4) is 0 Å². The monoisotopic (exact) mass is 440 g/mol. The number of aromatic nitrogens is 4. The van der Waals surface area contributed by atoms with Gasteiger partial charge in [0.05, 0.1) is 11.4 Å². The SMILES string of the molecule is CCC(=O)c1cccc(-c2cc(Nc3cccc(N4CCC(C)(C)C4)n3)c3nccn3n2)c1. The summed E-state index contributed by atoms with van der Waals surface area (Å²) < 4.78 is 1.75. The normalized spacial score (nSPS) is 15.2. The van der Waals surface area contributed by atoms with E-state index in [1.54, 1.807) is 10.7 Å². The summed E-state index contributed by atoms with van der Waals surface area (Å²) in [6, 6.07) is 15.6. The molecule has 4 heterocycles. The number of Topliss-reactive ketones (excluding diaryl/α,β-unsaturated/α-hetero) is 1. The molecule has 7 nitrogen and oxygen atoms in total. The number of hydrogen-bond donors (Lipinski definition) is 1. The number of rotatable bonds is 6. The Morgan fingerprint density at radius 1 is 1.15 bits per heavy atom. The number of nitrogens with zero attached hydrogens (tertiary/aromatic N) is 5. The molecule has 7 heteroatoms. The molecule has 0 bridgehead atoms. The summed E-state index contributed by atoms with van der Waals surface area (Å²) in [7, 11) is 0. The van der Waals surface area contributed by atoms with Crippen LogP contribution in [0.1, 0.15) is 44.0 Å². The molecule has 1 fully saturated rings. The number of fused-ring (bicyclic) bond motifs is 1. The van der Waals surface area contributed by atoms with Crippen molar-refractivity contribution in [1.82, 2.24) is 19.6 Å². The number of anilines is 3. The lowest BCUT2D eigenvalue weighted by molar-refractivity contribution is 0.0988. The van der Waals surface area contributed by atoms with Crippen LogP contribution < -0.4 is 10.2 Å². The van der Waals surface area contributed by atoms with E-state index in [0.29, 0.717) is 23.0 Å². The Bertz CT molecular complexity index is 1330. The molecule has 1 saturated heterocycles. The van der Waals surface area contributed by atoms with Crippen molar-refractivity contribution < 1.29 is 4.79 Å². The number of benzene rings is 1. The molecule has 4 aromatic rings. The van der Waals surface area contributed by atoms with Gasteiger partial charge in [-0.25, -0.2) is 14.5 Å². The molecule has 1 aliphatic heterocycles. The summed E-state index contributed by atoms with van der Waals surface area (Å²) in [6.07, 6.45) is 5.18. The van der Waals surface area contributed by atoms with Crippen LogP contribution in [-0.2, 0) is 0 Å². The van der Waals surface area contributed by atoms with Gasteiger partial charge in [0.2, 0.25) is 0 Å². The summed E-state index contributed by atoms with van der Waals surface area (Å²) in [6.45, 7) is 8.48. The smallest absolute Gasteiger partial charge is 0.177 e. The first-order chi connectivity index (χ1) is 15.9. The third-order valence-corrected chi connectivity index (χ3v) is 6.16. The Hall–Kier alpha value is -3.74. The van der Waals surface area contributed by atoms with E-state index in [2.05, 4.69) is 35.1 Å². The molecule has 0 atom stereocenters. The van der Waals surface area contributed by atoms with Crippen LogP contribution in [0, 0.1) is 5.41 Å². The van der Waals surface area contributed by atoms with Crippen LogP contribution in [0.5, 0.6) is 0 Å². The standard InChI is InChI=1S/C26H28N6O/c1-4-22(33)19-8-5-7-18(15-19)20-16-21(25-27-12-14-32(25)30-20)28-23-9-6-10-24(29-23)31-13-11-26(2,3)17-31/h5-10,12,14-16H,4,11,13,17H2,1-3H3,(H,28,29). The van der Waals surface area contributed by atoms with Gasteiger partial charge in [0.15, 0.2) is 11.4 Å². The Kier molecular flexibility index (Phi) is 5.32. The lowest BCUT2D eigenvalue weighted by atomic mass is 9.93. The van der Waals surface area contributed by atoms with E-state index < -0.39 is 0 Å². The van der Waals surface area contributed by atoms with E-state index in [4.69, 9.17) is 10.1 Å². The van der Waals surface area contributed by atoms with Gasteiger partial charge < -0.3 is 10.2 Å². The number of ketones is 1. The summed E-state index contributed by atoms with van der Waals surface area (Å²) in [5.74, 6) is 1.85. The highest BCUT2D eigenvalue weighted by molar-refractivity contribution is 5.97. The molecule has 5 rings (SSSR count). The average Bonchev–Trinajstić information content (AvgIpc) is 3.45. The van der Waals surface area contributed by atoms with E-state index >= 15 is 0 Å². The summed E-state index contributed by atoms with van der Waals surface area (Å²) in [4.78, 5) is 23.9. The van der Waals surface area contributed by atoms with Crippen molar-refractivity contribution in [2.45, 2.75) is 33.6 Å². The zero-order valence-corrected chi connectivity index (χ0v) is 19.2. The largest absolute Gasteiger partial charge is 0.356 e. The van der Waals surface area contributed by atoms with E-state index in [1.807, 2.05) is 55.6 Å². The molecule has 168 valence electrons. The molecule has 0 unspecified atom stereocenters. The fourth-order valence-corrected chi connectivity index (χ4v) is 4.32. The zero-order chi connectivity index (χ0) is 23.0. The minimum Gasteiger partial charge on any atom is -0.356 e. The quantitative estimate of drug-likeness (QED) is 0.407. The van der Waals surface area contributed by atoms with Gasteiger partial charge in [-0.05, 0) is 36.1 Å². The van der Waals surface area contributed by atoms with Crippen LogP contribution in [-0.4, -0.2) is 38.5 Å². The maximum Gasteiger partial charge on any atom is 0.177 e.